The van der Waals surface area contributed by atoms with E-state index in [9.17, 15) is 4.79 Å². The number of hydrogen-bond donors (Lipinski definition) is 1. The lowest BCUT2D eigenvalue weighted by Gasteiger charge is -2.20. The molecule has 0 fully saturated rings. The van der Waals surface area contributed by atoms with E-state index in [2.05, 4.69) is 19.1 Å². The van der Waals surface area contributed by atoms with Gasteiger partial charge in [-0.05, 0) is 38.9 Å². The maximum absolute atomic E-state index is 11.1. The van der Waals surface area contributed by atoms with Crippen LogP contribution in [0.15, 0.2) is 12.1 Å². The largest absolute Gasteiger partial charge is 0.368 e. The van der Waals surface area contributed by atoms with Crippen LogP contribution in [0.25, 0.3) is 0 Å². The number of thiophene rings is 1. The fourth-order valence-corrected chi connectivity index (χ4v) is 2.72. The van der Waals surface area contributed by atoms with Crippen LogP contribution in [-0.2, 0) is 17.8 Å². The van der Waals surface area contributed by atoms with Gasteiger partial charge < -0.3 is 5.73 Å². The van der Waals surface area contributed by atoms with E-state index in [0.717, 1.165) is 13.0 Å². The average Bonchev–Trinajstić information content (AvgIpc) is 2.72. The van der Waals surface area contributed by atoms with Gasteiger partial charge in [-0.3, -0.25) is 9.69 Å². The number of unbranched alkanes of at least 4 members (excludes halogenated alkanes) is 1. The van der Waals surface area contributed by atoms with Crippen molar-refractivity contribution >= 4 is 17.2 Å². The number of nitrogens with two attached hydrogens (primary N) is 1. The predicted octanol–water partition coefficient (Wildman–Crippen LogP) is 2.40. The van der Waals surface area contributed by atoms with Crippen molar-refractivity contribution in [3.8, 4) is 0 Å². The van der Waals surface area contributed by atoms with Crippen LogP contribution in [0.3, 0.4) is 0 Å². The second-order valence-electron chi connectivity index (χ2n) is 4.47. The first-order valence-electron chi connectivity index (χ1n) is 6.11. The number of hydrogen-bond acceptors (Lipinski definition) is 3. The van der Waals surface area contributed by atoms with Crippen LogP contribution < -0.4 is 5.73 Å². The van der Waals surface area contributed by atoms with E-state index >= 15 is 0 Å². The molecule has 1 unspecified atom stereocenters. The standard InChI is InChI=1S/C13H22N2OS/c1-4-5-6-11-7-8-12(17-11)9-15(3)10(2)13(14)16/h7-8,10H,4-6,9H2,1-3H3,(H2,14,16). The number of rotatable bonds is 7. The number of nitrogens with zero attached hydrogens (tertiary/aromatic N) is 1. The highest BCUT2D eigenvalue weighted by Crippen LogP contribution is 2.20. The lowest BCUT2D eigenvalue weighted by molar-refractivity contribution is -0.122. The van der Waals surface area contributed by atoms with Gasteiger partial charge >= 0.3 is 0 Å². The van der Waals surface area contributed by atoms with E-state index < -0.39 is 0 Å². The molecule has 1 aromatic heterocycles. The molecule has 0 aliphatic rings. The molecule has 0 spiro atoms. The molecule has 0 saturated carbocycles. The molecule has 0 saturated heterocycles. The Hall–Kier alpha value is -0.870. The van der Waals surface area contributed by atoms with Crippen molar-refractivity contribution < 1.29 is 4.79 Å². The molecule has 17 heavy (non-hydrogen) atoms. The van der Waals surface area contributed by atoms with Gasteiger partial charge in [-0.1, -0.05) is 13.3 Å². The minimum atomic E-state index is -0.268. The van der Waals surface area contributed by atoms with Crippen LogP contribution in [0.2, 0.25) is 0 Å². The van der Waals surface area contributed by atoms with Crippen molar-refractivity contribution in [3.63, 3.8) is 0 Å². The van der Waals surface area contributed by atoms with Crippen molar-refractivity contribution in [2.24, 2.45) is 5.73 Å². The Morgan fingerprint density at radius 1 is 1.47 bits per heavy atom. The third kappa shape index (κ3) is 4.48. The molecule has 1 rings (SSSR count). The van der Waals surface area contributed by atoms with E-state index in [1.807, 2.05) is 30.2 Å². The Labute approximate surface area is 108 Å². The van der Waals surface area contributed by atoms with Gasteiger partial charge in [0, 0.05) is 16.3 Å². The minimum Gasteiger partial charge on any atom is -0.368 e. The highest BCUT2D eigenvalue weighted by atomic mass is 32.1. The zero-order valence-electron chi connectivity index (χ0n) is 10.9. The van der Waals surface area contributed by atoms with Gasteiger partial charge in [0.2, 0.25) is 5.91 Å². The van der Waals surface area contributed by atoms with E-state index in [0.29, 0.717) is 0 Å². The summed E-state index contributed by atoms with van der Waals surface area (Å²) in [5.41, 5.74) is 5.28. The van der Waals surface area contributed by atoms with Crippen LogP contribution in [0, 0.1) is 0 Å². The van der Waals surface area contributed by atoms with Gasteiger partial charge in [0.15, 0.2) is 0 Å². The topological polar surface area (TPSA) is 46.3 Å². The highest BCUT2D eigenvalue weighted by Gasteiger charge is 2.15. The van der Waals surface area contributed by atoms with Crippen molar-refractivity contribution in [2.75, 3.05) is 7.05 Å². The molecular formula is C13H22N2OS. The van der Waals surface area contributed by atoms with Gasteiger partial charge in [-0.2, -0.15) is 0 Å². The molecule has 1 aromatic rings. The maximum Gasteiger partial charge on any atom is 0.234 e. The van der Waals surface area contributed by atoms with Crippen molar-refractivity contribution in [2.45, 2.75) is 45.7 Å². The monoisotopic (exact) mass is 254 g/mol. The van der Waals surface area contributed by atoms with Crippen LogP contribution in [-0.4, -0.2) is 23.9 Å². The Morgan fingerprint density at radius 3 is 2.71 bits per heavy atom. The Balaban J connectivity index is 2.51. The first-order chi connectivity index (χ1) is 8.04. The molecule has 0 bridgehead atoms. The molecule has 0 aliphatic heterocycles. The lowest BCUT2D eigenvalue weighted by atomic mass is 10.2. The highest BCUT2D eigenvalue weighted by molar-refractivity contribution is 7.11. The summed E-state index contributed by atoms with van der Waals surface area (Å²) < 4.78 is 0. The Kier molecular flexibility index (Phi) is 5.65. The Bertz CT molecular complexity index is 362. The van der Waals surface area contributed by atoms with Crippen LogP contribution in [0.4, 0.5) is 0 Å². The predicted molar refractivity (Wildman–Crippen MR) is 73.1 cm³/mol. The normalized spacial score (nSPS) is 12.9. The average molecular weight is 254 g/mol. The fraction of sp³-hybridized carbons (Fsp3) is 0.615. The summed E-state index contributed by atoms with van der Waals surface area (Å²) >= 11 is 1.84. The zero-order chi connectivity index (χ0) is 12.8. The van der Waals surface area contributed by atoms with Gasteiger partial charge in [0.1, 0.15) is 0 Å². The summed E-state index contributed by atoms with van der Waals surface area (Å²) in [6.45, 7) is 4.84. The summed E-state index contributed by atoms with van der Waals surface area (Å²) in [7, 11) is 1.93. The number of likely N-dealkylation sites (N-methyl/N-ethyl adjacent to an activating group) is 1. The molecule has 1 amide bonds. The number of primary amides is 1. The second-order valence-corrected chi connectivity index (χ2v) is 5.72. The molecular weight excluding hydrogens is 232 g/mol. The fourth-order valence-electron chi connectivity index (χ4n) is 1.59. The van der Waals surface area contributed by atoms with Crippen molar-refractivity contribution in [3.05, 3.63) is 21.9 Å². The first kappa shape index (κ1) is 14.2. The molecule has 0 radical (unpaired) electrons. The Morgan fingerprint density at radius 2 is 2.12 bits per heavy atom. The first-order valence-corrected chi connectivity index (χ1v) is 6.93. The lowest BCUT2D eigenvalue weighted by Crippen LogP contribution is -2.39. The third-order valence-electron chi connectivity index (χ3n) is 2.97. The van der Waals surface area contributed by atoms with Crippen molar-refractivity contribution in [1.82, 2.24) is 4.90 Å². The number of carbonyl (C=O) groups excluding carboxylic acids is 1. The molecule has 2 N–H and O–H groups in total. The van der Waals surface area contributed by atoms with Gasteiger partial charge in [-0.15, -0.1) is 11.3 Å². The molecule has 0 aromatic carbocycles. The molecule has 0 aliphatic carbocycles. The van der Waals surface area contributed by atoms with Gasteiger partial charge in [-0.25, -0.2) is 0 Å². The smallest absolute Gasteiger partial charge is 0.234 e. The third-order valence-corrected chi connectivity index (χ3v) is 4.10. The zero-order valence-corrected chi connectivity index (χ0v) is 11.7. The molecule has 4 heteroatoms. The number of aryl methyl sites for hydroxylation is 1. The van der Waals surface area contributed by atoms with E-state index in [4.69, 9.17) is 5.73 Å². The summed E-state index contributed by atoms with van der Waals surface area (Å²) in [6, 6.07) is 4.13. The van der Waals surface area contributed by atoms with E-state index in [1.54, 1.807) is 0 Å². The van der Waals surface area contributed by atoms with E-state index in [1.165, 1.54) is 22.6 Å². The molecule has 1 heterocycles. The van der Waals surface area contributed by atoms with Crippen LogP contribution in [0.5, 0.6) is 0 Å². The summed E-state index contributed by atoms with van der Waals surface area (Å²) in [6.07, 6.45) is 3.63. The SMILES string of the molecule is CCCCc1ccc(CN(C)C(C)C(N)=O)s1. The van der Waals surface area contributed by atoms with Crippen LogP contribution in [0.1, 0.15) is 36.4 Å². The molecule has 3 nitrogen and oxygen atoms in total. The summed E-state index contributed by atoms with van der Waals surface area (Å²) in [5, 5.41) is 0. The second kappa shape index (κ2) is 6.77. The van der Waals surface area contributed by atoms with Crippen molar-refractivity contribution in [1.29, 1.82) is 0 Å². The summed E-state index contributed by atoms with van der Waals surface area (Å²) in [4.78, 5) is 15.8. The maximum atomic E-state index is 11.1. The van der Waals surface area contributed by atoms with E-state index in [-0.39, 0.29) is 11.9 Å². The van der Waals surface area contributed by atoms with Crippen LogP contribution >= 0.6 is 11.3 Å². The molecule has 96 valence electrons. The number of carbonyl (C=O) groups is 1. The van der Waals surface area contributed by atoms with Gasteiger partial charge in [0.05, 0.1) is 6.04 Å². The van der Waals surface area contributed by atoms with Gasteiger partial charge in [0.25, 0.3) is 0 Å². The quantitative estimate of drug-likeness (QED) is 0.812. The molecule has 1 atom stereocenters. The minimum absolute atomic E-state index is 0.212. The summed E-state index contributed by atoms with van der Waals surface area (Å²) in [5.74, 6) is -0.268. The number of amides is 1.